The van der Waals surface area contributed by atoms with Crippen molar-refractivity contribution in [2.24, 2.45) is 5.92 Å². The van der Waals surface area contributed by atoms with Crippen LogP contribution in [0.5, 0.6) is 0 Å². The quantitative estimate of drug-likeness (QED) is 0.527. The zero-order valence-electron chi connectivity index (χ0n) is 6.72. The molecule has 0 aliphatic carbocycles. The van der Waals surface area contributed by atoms with E-state index in [0.29, 0.717) is 0 Å². The van der Waals surface area contributed by atoms with Crippen LogP contribution in [0, 0.1) is 5.92 Å². The zero-order chi connectivity index (χ0) is 7.68. The Kier molecular flexibility index (Phi) is 2.69. The maximum atomic E-state index is 3.63. The molecule has 1 N–H and O–H groups in total. The molecule has 2 atom stereocenters. The number of fused-ring (bicyclic) bond motifs is 1. The molecule has 2 aliphatic rings. The molecule has 2 heterocycles. The van der Waals surface area contributed by atoms with Gasteiger partial charge in [0.15, 0.2) is 0 Å². The summed E-state index contributed by atoms with van der Waals surface area (Å²) in [6.45, 7) is 3.80. The lowest BCUT2D eigenvalue weighted by Gasteiger charge is -2.14. The topological polar surface area (TPSA) is 15.3 Å². The molecule has 2 nitrogen and oxygen atoms in total. The van der Waals surface area contributed by atoms with Gasteiger partial charge in [0.05, 0.1) is 0 Å². The summed E-state index contributed by atoms with van der Waals surface area (Å²) in [5.41, 5.74) is 0. The van der Waals surface area contributed by atoms with Gasteiger partial charge < -0.3 is 5.32 Å². The summed E-state index contributed by atoms with van der Waals surface area (Å²) in [6.07, 6.45) is 4.25. The molecule has 0 aromatic rings. The molecule has 0 amide bonds. The maximum absolute atomic E-state index is 3.63. The van der Waals surface area contributed by atoms with Crippen molar-refractivity contribution >= 4 is 22.9 Å². The molecule has 0 saturated carbocycles. The van der Waals surface area contributed by atoms with E-state index in [1.54, 1.807) is 0 Å². The van der Waals surface area contributed by atoms with Crippen LogP contribution in [0.1, 0.15) is 19.3 Å². The lowest BCUT2D eigenvalue weighted by molar-refractivity contribution is 0.443. The predicted octanol–water partition coefficient (Wildman–Crippen LogP) is 1.41. The molecule has 2 rings (SSSR count). The molecule has 2 saturated heterocycles. The Hall–Kier alpha value is 0.650. The predicted molar refractivity (Wildman–Crippen MR) is 54.7 cm³/mol. The van der Waals surface area contributed by atoms with E-state index in [2.05, 4.69) is 31.3 Å². The van der Waals surface area contributed by atoms with Crippen LogP contribution in [-0.4, -0.2) is 28.8 Å². The minimum absolute atomic E-state index is 0.800. The summed E-state index contributed by atoms with van der Waals surface area (Å²) in [7, 11) is 0. The first-order valence-corrected chi connectivity index (χ1v) is 5.47. The Morgan fingerprint density at radius 1 is 1.27 bits per heavy atom. The first-order valence-electron chi connectivity index (χ1n) is 4.50. The van der Waals surface area contributed by atoms with Crippen LogP contribution in [0.15, 0.2) is 0 Å². The van der Waals surface area contributed by atoms with E-state index in [1.165, 1.54) is 38.9 Å². The number of nitrogens with one attached hydrogen (secondary N) is 1. The lowest BCUT2D eigenvalue weighted by Crippen LogP contribution is -2.34. The van der Waals surface area contributed by atoms with Gasteiger partial charge in [-0.15, -0.1) is 0 Å². The van der Waals surface area contributed by atoms with Crippen molar-refractivity contribution in [2.45, 2.75) is 25.3 Å². The van der Waals surface area contributed by atoms with Crippen molar-refractivity contribution in [2.75, 3.05) is 19.6 Å². The molecule has 0 spiro atoms. The third-order valence-electron chi connectivity index (χ3n) is 2.80. The first kappa shape index (κ1) is 8.26. The van der Waals surface area contributed by atoms with Gasteiger partial charge in [0, 0.05) is 42.0 Å². The van der Waals surface area contributed by atoms with E-state index in [9.17, 15) is 0 Å². The fourth-order valence-electron chi connectivity index (χ4n) is 2.16. The van der Waals surface area contributed by atoms with Crippen molar-refractivity contribution < 1.29 is 0 Å². The Morgan fingerprint density at radius 3 is 3.09 bits per heavy atom. The van der Waals surface area contributed by atoms with E-state index < -0.39 is 0 Å². The van der Waals surface area contributed by atoms with Gasteiger partial charge in [-0.1, -0.05) is 6.42 Å². The summed E-state index contributed by atoms with van der Waals surface area (Å²) in [5.74, 6) is 0.939. The van der Waals surface area contributed by atoms with Crippen LogP contribution in [0.2, 0.25) is 0 Å². The van der Waals surface area contributed by atoms with Gasteiger partial charge in [0.25, 0.3) is 0 Å². The highest BCUT2D eigenvalue weighted by molar-refractivity contribution is 14.1. The molecule has 2 fully saturated rings. The van der Waals surface area contributed by atoms with Gasteiger partial charge in [0.2, 0.25) is 0 Å². The van der Waals surface area contributed by atoms with Gasteiger partial charge in [0.1, 0.15) is 0 Å². The van der Waals surface area contributed by atoms with Crippen LogP contribution in [0.25, 0.3) is 0 Å². The minimum atomic E-state index is 0.800. The molecule has 3 heteroatoms. The third kappa shape index (κ3) is 1.87. The van der Waals surface area contributed by atoms with Crippen LogP contribution in [0.3, 0.4) is 0 Å². The number of hydrogen-bond acceptors (Lipinski definition) is 2. The Bertz CT molecular complexity index is 126. The molecule has 0 aromatic heterocycles. The van der Waals surface area contributed by atoms with E-state index in [1.807, 2.05) is 0 Å². The molecule has 64 valence electrons. The molecular formula is C8H15IN2. The molecule has 0 radical (unpaired) electrons. The number of halogens is 1. The molecule has 0 bridgehead atoms. The Labute approximate surface area is 82.2 Å². The van der Waals surface area contributed by atoms with Crippen LogP contribution in [0.4, 0.5) is 0 Å². The van der Waals surface area contributed by atoms with Gasteiger partial charge in [-0.05, 0) is 25.3 Å². The zero-order valence-corrected chi connectivity index (χ0v) is 8.88. The number of hydrogen-bond donors (Lipinski definition) is 1. The second-order valence-corrected chi connectivity index (χ2v) is 5.01. The fourth-order valence-corrected chi connectivity index (χ4v) is 3.09. The van der Waals surface area contributed by atoms with Gasteiger partial charge >= 0.3 is 0 Å². The Morgan fingerprint density at radius 2 is 2.18 bits per heavy atom. The summed E-state index contributed by atoms with van der Waals surface area (Å²) in [5, 5.41) is 3.63. The van der Waals surface area contributed by atoms with Crippen molar-refractivity contribution in [1.82, 2.24) is 8.43 Å². The molecule has 2 unspecified atom stereocenters. The summed E-state index contributed by atoms with van der Waals surface area (Å²) >= 11 is 2.44. The maximum Gasteiger partial charge on any atom is 0.0243 e. The lowest BCUT2D eigenvalue weighted by atomic mass is 9.99. The van der Waals surface area contributed by atoms with Crippen molar-refractivity contribution in [1.29, 1.82) is 0 Å². The van der Waals surface area contributed by atoms with Gasteiger partial charge in [-0.25, -0.2) is 3.11 Å². The highest BCUT2D eigenvalue weighted by atomic mass is 127. The van der Waals surface area contributed by atoms with E-state index in [0.717, 1.165) is 12.0 Å². The SMILES string of the molecule is IN1CC2CCCCNC2C1. The smallest absolute Gasteiger partial charge is 0.0243 e. The molecule has 0 aromatic carbocycles. The number of rotatable bonds is 0. The van der Waals surface area contributed by atoms with E-state index in [4.69, 9.17) is 0 Å². The fraction of sp³-hybridized carbons (Fsp3) is 1.00. The first-order chi connectivity index (χ1) is 5.36. The van der Waals surface area contributed by atoms with Gasteiger partial charge in [-0.2, -0.15) is 0 Å². The average molecular weight is 266 g/mol. The van der Waals surface area contributed by atoms with Crippen molar-refractivity contribution in [3.8, 4) is 0 Å². The second-order valence-electron chi connectivity index (χ2n) is 3.64. The molecule has 2 aliphatic heterocycles. The Balaban J connectivity index is 1.96. The van der Waals surface area contributed by atoms with Crippen LogP contribution < -0.4 is 5.32 Å². The van der Waals surface area contributed by atoms with Crippen LogP contribution >= 0.6 is 22.9 Å². The minimum Gasteiger partial charge on any atom is -0.312 e. The normalized spacial score (nSPS) is 40.1. The van der Waals surface area contributed by atoms with E-state index in [-0.39, 0.29) is 0 Å². The highest BCUT2D eigenvalue weighted by Crippen LogP contribution is 2.26. The summed E-state index contributed by atoms with van der Waals surface area (Å²) in [4.78, 5) is 0. The summed E-state index contributed by atoms with van der Waals surface area (Å²) < 4.78 is 2.42. The van der Waals surface area contributed by atoms with Crippen LogP contribution in [-0.2, 0) is 0 Å². The standard InChI is InChI=1S/C8H15IN2/c9-11-5-7-3-1-2-4-10-8(7)6-11/h7-8,10H,1-6H2. The molecular weight excluding hydrogens is 251 g/mol. The van der Waals surface area contributed by atoms with E-state index >= 15 is 0 Å². The summed E-state index contributed by atoms with van der Waals surface area (Å²) in [6, 6.07) is 0.800. The average Bonchev–Trinajstić information content (AvgIpc) is 2.17. The molecule has 11 heavy (non-hydrogen) atoms. The third-order valence-corrected chi connectivity index (χ3v) is 3.59. The second kappa shape index (κ2) is 3.58. The monoisotopic (exact) mass is 266 g/mol. The highest BCUT2D eigenvalue weighted by Gasteiger charge is 2.31. The largest absolute Gasteiger partial charge is 0.312 e. The van der Waals surface area contributed by atoms with Crippen molar-refractivity contribution in [3.05, 3.63) is 0 Å². The van der Waals surface area contributed by atoms with Crippen molar-refractivity contribution in [3.63, 3.8) is 0 Å². The number of nitrogens with zero attached hydrogens (tertiary/aromatic N) is 1. The van der Waals surface area contributed by atoms with Gasteiger partial charge in [-0.3, -0.25) is 0 Å².